The third-order valence-electron chi connectivity index (χ3n) is 8.96. The van der Waals surface area contributed by atoms with Crippen LogP contribution >= 0.6 is 0 Å². The molecule has 0 amide bonds. The van der Waals surface area contributed by atoms with E-state index in [0.29, 0.717) is 0 Å². The monoisotopic (exact) mass is 439 g/mol. The Morgan fingerprint density at radius 1 is 0.371 bits per heavy atom. The van der Waals surface area contributed by atoms with E-state index in [-0.39, 0.29) is 0 Å². The van der Waals surface area contributed by atoms with Crippen LogP contribution in [0.5, 0.6) is 0 Å². The molecule has 2 heteroatoms. The number of benzene rings is 6. The van der Waals surface area contributed by atoms with Crippen LogP contribution in [0.1, 0.15) is 0 Å². The second kappa shape index (κ2) is 4.75. The van der Waals surface area contributed by atoms with E-state index in [1.54, 1.807) is 0 Å². The lowest BCUT2D eigenvalue weighted by Crippen LogP contribution is -2.24. The summed E-state index contributed by atoms with van der Waals surface area (Å²) in [5, 5.41) is 17.6. The molecule has 6 aromatic carbocycles. The number of aromatic nitrogens is 2. The highest BCUT2D eigenvalue weighted by Crippen LogP contribution is 2.49. The van der Waals surface area contributed by atoms with Crippen LogP contribution in [0.4, 0.5) is 0 Å². The van der Waals surface area contributed by atoms with Crippen LogP contribution in [0.2, 0.25) is 0 Å². The van der Waals surface area contributed by atoms with E-state index >= 15 is 0 Å². The van der Waals surface area contributed by atoms with Crippen LogP contribution in [0.15, 0.2) is 91.0 Å². The van der Waals surface area contributed by atoms with Crippen LogP contribution in [0.3, 0.4) is 0 Å². The maximum Gasteiger partial charge on any atom is 0.301 e. The fourth-order valence-corrected chi connectivity index (χ4v) is 7.84. The Morgan fingerprint density at radius 2 is 0.800 bits per heavy atom. The topological polar surface area (TPSA) is 8.51 Å². The molecule has 156 valence electrons. The molecule has 0 radical (unpaired) electrons. The minimum Gasteiger partial charge on any atom is -0.186 e. The van der Waals surface area contributed by atoms with E-state index in [9.17, 15) is 0 Å². The summed E-state index contributed by atoms with van der Waals surface area (Å²) >= 11 is 0. The van der Waals surface area contributed by atoms with Gasteiger partial charge >= 0.3 is 5.65 Å². The molecule has 5 aromatic heterocycles. The summed E-state index contributed by atoms with van der Waals surface area (Å²) in [5.74, 6) is 0. The molecule has 0 bridgehead atoms. The van der Waals surface area contributed by atoms with Gasteiger partial charge in [-0.25, -0.2) is 0 Å². The number of hydrogen-bond acceptors (Lipinski definition) is 0. The lowest BCUT2D eigenvalue weighted by molar-refractivity contribution is -0.447. The third-order valence-corrected chi connectivity index (χ3v) is 8.96. The summed E-state index contributed by atoms with van der Waals surface area (Å²) in [6, 6.07) is 34.4. The average Bonchev–Trinajstić information content (AvgIpc) is 3.29. The largest absolute Gasteiger partial charge is 0.301 e. The van der Waals surface area contributed by atoms with Crippen molar-refractivity contribution >= 4 is 97.7 Å². The molecule has 2 nitrogen and oxygen atoms in total. The van der Waals surface area contributed by atoms with Gasteiger partial charge in [0.25, 0.3) is 0 Å². The maximum absolute atomic E-state index is 2.61. The SMILES string of the molecule is c1cc2c3cccc4c5cccc6c7cccc8c9cccc%10c(c1)c2c1c(c34)[n+](c56)c(c87)n1c%109. The van der Waals surface area contributed by atoms with Gasteiger partial charge in [-0.2, -0.15) is 8.80 Å². The van der Waals surface area contributed by atoms with Crippen LogP contribution in [0, 0.1) is 0 Å². The number of pyridine rings is 4. The van der Waals surface area contributed by atoms with Crippen molar-refractivity contribution in [1.29, 1.82) is 0 Å². The van der Waals surface area contributed by atoms with Crippen molar-refractivity contribution in [3.63, 3.8) is 0 Å². The predicted molar refractivity (Wildman–Crippen MR) is 147 cm³/mol. The summed E-state index contributed by atoms with van der Waals surface area (Å²) in [7, 11) is 0. The summed E-state index contributed by atoms with van der Waals surface area (Å²) < 4.78 is 5.23. The van der Waals surface area contributed by atoms with Crippen molar-refractivity contribution in [3.8, 4) is 0 Å². The van der Waals surface area contributed by atoms with Crippen molar-refractivity contribution in [3.05, 3.63) is 91.0 Å². The zero-order valence-electron chi connectivity index (χ0n) is 18.6. The van der Waals surface area contributed by atoms with E-state index in [0.717, 1.165) is 0 Å². The lowest BCUT2D eigenvalue weighted by Gasteiger charge is -2.13. The number of rotatable bonds is 0. The fourth-order valence-electron chi connectivity index (χ4n) is 7.84. The molecule has 0 aliphatic carbocycles. The quantitative estimate of drug-likeness (QED) is 0.128. The fraction of sp³-hybridized carbons (Fsp3) is 0. The summed E-state index contributed by atoms with van der Waals surface area (Å²) in [6.07, 6.45) is 0. The van der Waals surface area contributed by atoms with Gasteiger partial charge in [0, 0.05) is 43.1 Å². The summed E-state index contributed by atoms with van der Waals surface area (Å²) in [5.41, 5.74) is 6.75. The first-order chi connectivity index (χ1) is 17.4. The Balaban J connectivity index is 1.79. The first-order valence-electron chi connectivity index (χ1n) is 12.3. The number of nitrogens with zero attached hydrogens (tertiary/aromatic N) is 2. The average molecular weight is 439 g/mol. The maximum atomic E-state index is 2.61. The van der Waals surface area contributed by atoms with Crippen molar-refractivity contribution in [1.82, 2.24) is 4.40 Å². The lowest BCUT2D eigenvalue weighted by atomic mass is 9.91. The van der Waals surface area contributed by atoms with Gasteiger partial charge in [-0.05, 0) is 21.5 Å². The molecule has 0 aliphatic heterocycles. The highest BCUT2D eigenvalue weighted by atomic mass is 15.1. The highest BCUT2D eigenvalue weighted by molar-refractivity contribution is 6.40. The summed E-state index contributed by atoms with van der Waals surface area (Å²) in [4.78, 5) is 0. The highest BCUT2D eigenvalue weighted by Gasteiger charge is 2.35. The molecular formula is C33H15N2+. The second-order valence-corrected chi connectivity index (χ2v) is 10.3. The molecule has 5 heterocycles. The molecule has 35 heavy (non-hydrogen) atoms. The van der Waals surface area contributed by atoms with Gasteiger partial charge in [-0.3, -0.25) is 0 Å². The van der Waals surface area contributed by atoms with Crippen LogP contribution in [-0.2, 0) is 0 Å². The molecule has 0 saturated heterocycles. The van der Waals surface area contributed by atoms with E-state index in [4.69, 9.17) is 0 Å². The van der Waals surface area contributed by atoms with E-state index in [2.05, 4.69) is 99.8 Å². The van der Waals surface area contributed by atoms with Crippen molar-refractivity contribution < 1.29 is 4.40 Å². The number of para-hydroxylation sites is 2. The Labute approximate surface area is 197 Å². The Bertz CT molecular complexity index is 2060. The molecular weight excluding hydrogens is 424 g/mol. The zero-order chi connectivity index (χ0) is 22.2. The van der Waals surface area contributed by atoms with E-state index in [1.165, 1.54) is 97.7 Å². The predicted octanol–water partition coefficient (Wildman–Crippen LogP) is 8.09. The van der Waals surface area contributed by atoms with Gasteiger partial charge in [-0.15, -0.1) is 0 Å². The Kier molecular flexibility index (Phi) is 2.18. The van der Waals surface area contributed by atoms with Crippen LogP contribution in [-0.4, -0.2) is 4.40 Å². The Hall–Kier alpha value is -4.69. The molecule has 0 unspecified atom stereocenters. The van der Waals surface area contributed by atoms with E-state index in [1.807, 2.05) is 0 Å². The smallest absolute Gasteiger partial charge is 0.186 e. The first kappa shape index (κ1) is 16.0. The Morgan fingerprint density at radius 3 is 1.43 bits per heavy atom. The van der Waals surface area contributed by atoms with Gasteiger partial charge < -0.3 is 0 Å². The van der Waals surface area contributed by atoms with Gasteiger partial charge in [0.15, 0.2) is 11.0 Å². The van der Waals surface area contributed by atoms with Crippen LogP contribution in [0.25, 0.3) is 97.7 Å². The molecule has 0 aliphatic rings. The number of fused-ring (bicyclic) bond motifs is 5. The molecule has 11 rings (SSSR count). The minimum absolute atomic E-state index is 1.32. The zero-order valence-corrected chi connectivity index (χ0v) is 18.6. The molecule has 0 spiro atoms. The van der Waals surface area contributed by atoms with Crippen molar-refractivity contribution in [2.75, 3.05) is 0 Å². The standard InChI is InChI=1S/C33H15N2/c1-6-16-17-7-2-9-19-23-13-5-15-25-21-11-3-10-20-24-14-4-12-22-18(8-1)26(16)31-32(27(17)19)35(30(23)25)33(28(20)21)34(31)29(22)24/h1-15H/q+1. The van der Waals surface area contributed by atoms with Gasteiger partial charge in [0.2, 0.25) is 0 Å². The third kappa shape index (κ3) is 1.39. The molecule has 0 atom stereocenters. The van der Waals surface area contributed by atoms with Gasteiger partial charge in [0.05, 0.1) is 5.39 Å². The molecule has 0 saturated carbocycles. The van der Waals surface area contributed by atoms with E-state index < -0.39 is 0 Å². The minimum atomic E-state index is 1.32. The van der Waals surface area contributed by atoms with Crippen molar-refractivity contribution in [2.45, 2.75) is 0 Å². The number of hydrogen-bond donors (Lipinski definition) is 0. The second-order valence-electron chi connectivity index (χ2n) is 10.3. The molecule has 0 N–H and O–H groups in total. The molecule has 0 fully saturated rings. The van der Waals surface area contributed by atoms with Gasteiger partial charge in [-0.1, -0.05) is 91.0 Å². The van der Waals surface area contributed by atoms with Crippen molar-refractivity contribution in [2.24, 2.45) is 0 Å². The van der Waals surface area contributed by atoms with Crippen LogP contribution < -0.4 is 4.40 Å². The number of imidazole rings is 1. The van der Waals surface area contributed by atoms with Gasteiger partial charge in [0.1, 0.15) is 11.0 Å². The molecule has 11 aromatic rings. The normalized spacial score (nSPS) is 13.7. The first-order valence-corrected chi connectivity index (χ1v) is 12.3. The summed E-state index contributed by atoms with van der Waals surface area (Å²) in [6.45, 7) is 0.